The summed E-state index contributed by atoms with van der Waals surface area (Å²) in [5.41, 5.74) is 3.37. The topological polar surface area (TPSA) is 96.9 Å². The van der Waals surface area contributed by atoms with Crippen molar-refractivity contribution < 1.29 is 19.1 Å². The highest BCUT2D eigenvalue weighted by Gasteiger charge is 2.29. The maximum Gasteiger partial charge on any atom is 0.254 e. The van der Waals surface area contributed by atoms with Gasteiger partial charge >= 0.3 is 0 Å². The molecule has 1 unspecified atom stereocenters. The van der Waals surface area contributed by atoms with Crippen LogP contribution in [0.25, 0.3) is 0 Å². The average Bonchev–Trinajstić information content (AvgIpc) is 2.71. The summed E-state index contributed by atoms with van der Waals surface area (Å²) in [6.07, 6.45) is 5.03. The van der Waals surface area contributed by atoms with E-state index < -0.39 is 17.9 Å². The third kappa shape index (κ3) is 3.39. The van der Waals surface area contributed by atoms with Gasteiger partial charge in [-0.15, -0.1) is 0 Å². The molecule has 1 heterocycles. The zero-order valence-electron chi connectivity index (χ0n) is 12.0. The lowest BCUT2D eigenvalue weighted by atomic mass is 10.0. The van der Waals surface area contributed by atoms with E-state index in [4.69, 9.17) is 4.74 Å². The van der Waals surface area contributed by atoms with Crippen LogP contribution in [0.4, 0.5) is 0 Å². The molecule has 0 aromatic carbocycles. The number of ether oxygens (including phenoxy) is 1. The number of rotatable bonds is 4. The summed E-state index contributed by atoms with van der Waals surface area (Å²) in [7, 11) is 1.45. The van der Waals surface area contributed by atoms with Gasteiger partial charge in [-0.3, -0.25) is 24.7 Å². The van der Waals surface area contributed by atoms with Gasteiger partial charge in [0.05, 0.1) is 18.4 Å². The average molecular weight is 301 g/mol. The van der Waals surface area contributed by atoms with Gasteiger partial charge in [-0.05, 0) is 25.3 Å². The molecule has 1 aliphatic carbocycles. The van der Waals surface area contributed by atoms with Crippen molar-refractivity contribution in [2.75, 3.05) is 7.11 Å². The van der Waals surface area contributed by atoms with Gasteiger partial charge in [0.25, 0.3) is 5.91 Å². The summed E-state index contributed by atoms with van der Waals surface area (Å²) in [5, 5.41) is 4.77. The lowest BCUT2D eigenvalue weighted by Gasteiger charge is -2.22. The summed E-state index contributed by atoms with van der Waals surface area (Å²) < 4.78 is 5.07. The van der Waals surface area contributed by atoms with Gasteiger partial charge in [0.15, 0.2) is 5.76 Å². The molecule has 2 rings (SSSR count). The van der Waals surface area contributed by atoms with Crippen LogP contribution in [0.3, 0.4) is 0 Å². The van der Waals surface area contributed by atoms with Gasteiger partial charge in [0.1, 0.15) is 6.04 Å². The van der Waals surface area contributed by atoms with Crippen molar-refractivity contribution in [1.82, 2.24) is 10.6 Å². The molecule has 1 fully saturated rings. The van der Waals surface area contributed by atoms with Crippen molar-refractivity contribution >= 4 is 24.4 Å². The molecule has 1 aliphatic heterocycles. The first-order chi connectivity index (χ1) is 10.5. The van der Waals surface area contributed by atoms with E-state index in [-0.39, 0.29) is 24.3 Å². The monoisotopic (exact) mass is 301 g/mol. The van der Waals surface area contributed by atoms with E-state index in [1.807, 2.05) is 0 Å². The van der Waals surface area contributed by atoms with E-state index in [0.717, 1.165) is 0 Å². The van der Waals surface area contributed by atoms with Crippen molar-refractivity contribution in [3.05, 3.63) is 41.0 Å². The lowest BCUT2D eigenvalue weighted by molar-refractivity contribution is -0.136. The fourth-order valence-corrected chi connectivity index (χ4v) is 2.04. The maximum absolute atomic E-state index is 12.4. The van der Waals surface area contributed by atoms with Gasteiger partial charge in [-0.25, -0.2) is 0 Å². The van der Waals surface area contributed by atoms with Gasteiger partial charge in [0.2, 0.25) is 11.8 Å². The predicted octanol–water partition coefficient (Wildman–Crippen LogP) is 0.118. The Morgan fingerprint density at radius 2 is 2.32 bits per heavy atom. The van der Waals surface area contributed by atoms with Crippen LogP contribution in [-0.4, -0.2) is 37.6 Å². The van der Waals surface area contributed by atoms with Crippen LogP contribution < -0.4 is 10.6 Å². The van der Waals surface area contributed by atoms with Crippen LogP contribution in [0.15, 0.2) is 46.0 Å². The Morgan fingerprint density at radius 1 is 1.55 bits per heavy atom. The summed E-state index contributed by atoms with van der Waals surface area (Å²) in [6.45, 7) is 3.42. The zero-order valence-corrected chi connectivity index (χ0v) is 12.0. The zero-order chi connectivity index (χ0) is 16.1. The highest BCUT2D eigenvalue weighted by Crippen LogP contribution is 2.18. The highest BCUT2D eigenvalue weighted by atomic mass is 16.5. The third-order valence-corrected chi connectivity index (χ3v) is 3.20. The second kappa shape index (κ2) is 6.69. The number of carbonyl (C=O) groups is 3. The molecular formula is C15H15N3O4. The first-order valence-corrected chi connectivity index (χ1v) is 6.59. The number of piperidine rings is 1. The molecule has 0 aromatic rings. The van der Waals surface area contributed by atoms with Crippen molar-refractivity contribution in [2.45, 2.75) is 18.9 Å². The Labute approximate surface area is 127 Å². The maximum atomic E-state index is 12.4. The number of hydrogen-bond donors (Lipinski definition) is 2. The van der Waals surface area contributed by atoms with Crippen LogP contribution in [0.1, 0.15) is 12.8 Å². The van der Waals surface area contributed by atoms with E-state index in [0.29, 0.717) is 11.5 Å². The first kappa shape index (κ1) is 15.5. The Morgan fingerprint density at radius 3 is 2.95 bits per heavy atom. The number of imide groups is 1. The number of nitrogens with zero attached hydrogens (tertiary/aromatic N) is 1. The highest BCUT2D eigenvalue weighted by molar-refractivity contribution is 6.05. The van der Waals surface area contributed by atoms with Crippen molar-refractivity contribution in [2.24, 2.45) is 4.99 Å². The van der Waals surface area contributed by atoms with Crippen LogP contribution in [-0.2, 0) is 19.1 Å². The second-order valence-electron chi connectivity index (χ2n) is 4.62. The Hall–Kier alpha value is -2.92. The van der Waals surface area contributed by atoms with E-state index in [1.54, 1.807) is 12.2 Å². The normalized spacial score (nSPS) is 21.0. The van der Waals surface area contributed by atoms with Crippen LogP contribution in [0, 0.1) is 0 Å². The second-order valence-corrected chi connectivity index (χ2v) is 4.62. The molecule has 7 heteroatoms. The fourth-order valence-electron chi connectivity index (χ4n) is 2.04. The lowest BCUT2D eigenvalue weighted by Crippen LogP contribution is -2.52. The number of amides is 3. The predicted molar refractivity (Wildman–Crippen MR) is 78.6 cm³/mol. The Bertz CT molecular complexity index is 666. The molecule has 2 aliphatic rings. The molecule has 3 amide bonds. The molecule has 114 valence electrons. The minimum Gasteiger partial charge on any atom is -0.489 e. The van der Waals surface area contributed by atoms with E-state index in [9.17, 15) is 14.4 Å². The molecule has 22 heavy (non-hydrogen) atoms. The molecule has 0 radical (unpaired) electrons. The van der Waals surface area contributed by atoms with Crippen LogP contribution >= 0.6 is 0 Å². The summed E-state index contributed by atoms with van der Waals surface area (Å²) >= 11 is 0. The van der Waals surface area contributed by atoms with Crippen molar-refractivity contribution in [3.63, 3.8) is 0 Å². The molecule has 7 nitrogen and oxygen atoms in total. The van der Waals surface area contributed by atoms with Crippen LogP contribution in [0.2, 0.25) is 0 Å². The number of methoxy groups -OCH3 is 1. The number of hydrogen-bond acceptors (Lipinski definition) is 5. The molecule has 0 spiro atoms. The van der Waals surface area contributed by atoms with E-state index in [1.165, 1.54) is 13.2 Å². The molecule has 1 atom stereocenters. The molecule has 1 saturated heterocycles. The smallest absolute Gasteiger partial charge is 0.254 e. The number of aliphatic imine (C=N–C) groups is 1. The Balaban J connectivity index is 2.18. The molecule has 0 aromatic heterocycles. The van der Waals surface area contributed by atoms with Gasteiger partial charge in [0, 0.05) is 12.5 Å². The Kier molecular flexibility index (Phi) is 4.70. The van der Waals surface area contributed by atoms with Gasteiger partial charge in [-0.1, -0.05) is 5.73 Å². The first-order valence-electron chi connectivity index (χ1n) is 6.59. The number of allylic oxidation sites excluding steroid dienone is 2. The van der Waals surface area contributed by atoms with Crippen molar-refractivity contribution in [3.8, 4) is 0 Å². The quantitative estimate of drug-likeness (QED) is 0.438. The number of nitrogens with one attached hydrogen (secondary N) is 2. The largest absolute Gasteiger partial charge is 0.489 e. The molecule has 0 bridgehead atoms. The van der Waals surface area contributed by atoms with Gasteiger partial charge < -0.3 is 10.1 Å². The minimum atomic E-state index is -0.761. The summed E-state index contributed by atoms with van der Waals surface area (Å²) in [4.78, 5) is 39.0. The van der Waals surface area contributed by atoms with Gasteiger partial charge in [-0.2, -0.15) is 0 Å². The summed E-state index contributed by atoms with van der Waals surface area (Å²) in [5.74, 6) is -1.01. The minimum absolute atomic E-state index is 0.183. The molecule has 0 saturated carbocycles. The fraction of sp³-hybridized carbons (Fsp3) is 0.267. The SMILES string of the molecule is C=NC1=CC=C=C(OC)C=C1C(=O)NC1CCC(=O)NC1=O. The third-order valence-electron chi connectivity index (χ3n) is 3.20. The standard InChI is InChI=1S/C15H15N3O4/c1-16-11-5-3-4-9(22-2)8-10(11)14(20)17-12-6-7-13(19)18-15(12)21/h3,5,8,12H,1,6-7H2,2H3,(H,17,20)(H,18,19,21). The summed E-state index contributed by atoms with van der Waals surface area (Å²) in [6, 6.07) is -0.761. The molecule has 2 N–H and O–H groups in total. The number of carbonyl (C=O) groups excluding carboxylic acids is 3. The molecular weight excluding hydrogens is 286 g/mol. The van der Waals surface area contributed by atoms with Crippen molar-refractivity contribution in [1.29, 1.82) is 0 Å². The van der Waals surface area contributed by atoms with E-state index in [2.05, 4.69) is 28.1 Å². The van der Waals surface area contributed by atoms with Crippen LogP contribution in [0.5, 0.6) is 0 Å². The van der Waals surface area contributed by atoms with E-state index >= 15 is 0 Å².